The molecule has 1 amide bonds. The van der Waals surface area contributed by atoms with Crippen LogP contribution in [0.1, 0.15) is 10.4 Å². The quantitative estimate of drug-likeness (QED) is 0.275. The van der Waals surface area contributed by atoms with Crippen LogP contribution in [0.5, 0.6) is 5.75 Å². The molecule has 11 heteroatoms. The highest BCUT2D eigenvalue weighted by Gasteiger charge is 2.24. The third-order valence-electron chi connectivity index (χ3n) is 6.63. The van der Waals surface area contributed by atoms with Crippen molar-refractivity contribution in [3.05, 3.63) is 86.7 Å². The van der Waals surface area contributed by atoms with Crippen molar-refractivity contribution in [3.63, 3.8) is 0 Å². The average molecular weight is 530 g/mol. The summed E-state index contributed by atoms with van der Waals surface area (Å²) in [5.74, 6) is 0.197. The van der Waals surface area contributed by atoms with Crippen molar-refractivity contribution in [3.8, 4) is 22.7 Å². The largest absolute Gasteiger partial charge is 0.497 e. The molecule has 0 saturated carbocycles. The maximum absolute atomic E-state index is 13.7. The van der Waals surface area contributed by atoms with E-state index in [2.05, 4.69) is 5.10 Å². The van der Waals surface area contributed by atoms with Crippen molar-refractivity contribution in [1.82, 2.24) is 14.7 Å². The number of fused-ring (bicyclic) bond motifs is 1. The first kappa shape index (κ1) is 25.9. The normalized spacial score (nSPS) is 13.4. The van der Waals surface area contributed by atoms with Crippen LogP contribution in [0.3, 0.4) is 0 Å². The van der Waals surface area contributed by atoms with Gasteiger partial charge < -0.3 is 19.3 Å². The van der Waals surface area contributed by atoms with Gasteiger partial charge in [-0.3, -0.25) is 19.7 Å². The number of nitrogens with zero attached hydrogens (tertiary/aromatic N) is 5. The number of carbonyl (C=O) groups excluding carboxylic acids is 1. The summed E-state index contributed by atoms with van der Waals surface area (Å²) in [5, 5.41) is 17.6. The van der Waals surface area contributed by atoms with Crippen LogP contribution < -0.4 is 15.2 Å². The fourth-order valence-electron chi connectivity index (χ4n) is 4.66. The van der Waals surface area contributed by atoms with Crippen LogP contribution in [0.4, 0.5) is 11.4 Å². The number of hydrogen-bond acceptors (Lipinski definition) is 8. The number of nitro groups is 1. The van der Waals surface area contributed by atoms with Gasteiger partial charge >= 0.3 is 0 Å². The van der Waals surface area contributed by atoms with Crippen LogP contribution in [0, 0.1) is 10.1 Å². The Labute approximate surface area is 223 Å². The molecule has 1 aliphatic rings. The van der Waals surface area contributed by atoms with Crippen molar-refractivity contribution in [2.24, 2.45) is 0 Å². The van der Waals surface area contributed by atoms with E-state index >= 15 is 0 Å². The van der Waals surface area contributed by atoms with Gasteiger partial charge in [-0.1, -0.05) is 18.2 Å². The summed E-state index contributed by atoms with van der Waals surface area (Å²) < 4.78 is 12.0. The third kappa shape index (κ3) is 4.91. The highest BCUT2D eigenvalue weighted by Crippen LogP contribution is 2.32. The van der Waals surface area contributed by atoms with Gasteiger partial charge in [0, 0.05) is 55.5 Å². The van der Waals surface area contributed by atoms with Gasteiger partial charge in [-0.2, -0.15) is 9.78 Å². The summed E-state index contributed by atoms with van der Waals surface area (Å²) in [6, 6.07) is 16.6. The number of ether oxygens (including phenoxy) is 2. The molecule has 0 bridgehead atoms. The summed E-state index contributed by atoms with van der Waals surface area (Å²) in [4.78, 5) is 41.6. The number of carbonyl (C=O) groups is 1. The molecule has 0 N–H and O–H groups in total. The van der Waals surface area contributed by atoms with Gasteiger partial charge in [-0.05, 0) is 36.4 Å². The van der Waals surface area contributed by atoms with Crippen LogP contribution in [0.2, 0.25) is 0 Å². The average Bonchev–Trinajstić information content (AvgIpc) is 2.96. The van der Waals surface area contributed by atoms with Crippen molar-refractivity contribution in [2.45, 2.75) is 0 Å². The third-order valence-corrected chi connectivity index (χ3v) is 6.63. The Morgan fingerprint density at radius 1 is 1.05 bits per heavy atom. The van der Waals surface area contributed by atoms with Crippen LogP contribution in [-0.2, 0) is 4.74 Å². The van der Waals surface area contributed by atoms with Gasteiger partial charge in [0.15, 0.2) is 0 Å². The molecule has 1 aromatic heterocycles. The van der Waals surface area contributed by atoms with Crippen LogP contribution in [0.25, 0.3) is 27.7 Å². The lowest BCUT2D eigenvalue weighted by molar-refractivity contribution is -0.384. The van der Waals surface area contributed by atoms with E-state index in [9.17, 15) is 19.7 Å². The van der Waals surface area contributed by atoms with Crippen LogP contribution in [-0.4, -0.2) is 73.0 Å². The first-order valence-electron chi connectivity index (χ1n) is 12.3. The van der Waals surface area contributed by atoms with E-state index in [4.69, 9.17) is 9.47 Å². The Morgan fingerprint density at radius 2 is 1.77 bits per heavy atom. The second-order valence-electron chi connectivity index (χ2n) is 9.29. The maximum Gasteiger partial charge on any atom is 0.295 e. The standard InChI is InChI=1S/C28H27N5O6/c1-30(2)27(34)19-14-18(15-21(16-19)38-3)26-22-6-4-5-7-23(22)28(35)32(29-26)25-17-20(8-9-24(25)33(36)37)31-10-12-39-13-11-31/h4-9,14-17H,10-13H2,1-3H3. The van der Waals surface area contributed by atoms with Crippen molar-refractivity contribution < 1.29 is 19.2 Å². The molecule has 5 rings (SSSR count). The van der Waals surface area contributed by atoms with E-state index in [0.29, 0.717) is 59.6 Å². The number of methoxy groups -OCH3 is 1. The first-order valence-corrected chi connectivity index (χ1v) is 12.3. The van der Waals surface area contributed by atoms with E-state index in [-0.39, 0.29) is 17.3 Å². The number of benzene rings is 3. The van der Waals surface area contributed by atoms with E-state index in [1.807, 2.05) is 4.90 Å². The lowest BCUT2D eigenvalue weighted by atomic mass is 10.0. The van der Waals surface area contributed by atoms with E-state index in [1.54, 1.807) is 68.7 Å². The van der Waals surface area contributed by atoms with Crippen molar-refractivity contribution >= 4 is 28.1 Å². The van der Waals surface area contributed by atoms with Gasteiger partial charge in [0.25, 0.3) is 17.2 Å². The number of hydrogen-bond donors (Lipinski definition) is 0. The molecule has 0 aliphatic carbocycles. The number of morpholine rings is 1. The molecular weight excluding hydrogens is 502 g/mol. The molecule has 1 saturated heterocycles. The highest BCUT2D eigenvalue weighted by atomic mass is 16.6. The maximum atomic E-state index is 13.7. The molecule has 200 valence electrons. The zero-order chi connectivity index (χ0) is 27.7. The van der Waals surface area contributed by atoms with Gasteiger partial charge in [-0.15, -0.1) is 0 Å². The molecule has 0 atom stereocenters. The molecule has 1 fully saturated rings. The zero-order valence-corrected chi connectivity index (χ0v) is 21.8. The number of aromatic nitrogens is 2. The van der Waals surface area contributed by atoms with Crippen molar-refractivity contribution in [1.29, 1.82) is 0 Å². The fourth-order valence-corrected chi connectivity index (χ4v) is 4.66. The molecular formula is C28H27N5O6. The van der Waals surface area contributed by atoms with E-state index in [0.717, 1.165) is 10.4 Å². The summed E-state index contributed by atoms with van der Waals surface area (Å²) in [7, 11) is 4.79. The molecule has 0 spiro atoms. The van der Waals surface area contributed by atoms with Gasteiger partial charge in [0.05, 0.1) is 36.3 Å². The number of nitro benzene ring substituents is 1. The zero-order valence-electron chi connectivity index (χ0n) is 21.8. The SMILES string of the molecule is COc1cc(C(=O)N(C)C)cc(-c2nn(-c3cc(N4CCOCC4)ccc3[N+](=O)[O-])c(=O)c3ccccc23)c1. The Balaban J connectivity index is 1.79. The first-order chi connectivity index (χ1) is 18.8. The summed E-state index contributed by atoms with van der Waals surface area (Å²) >= 11 is 0. The molecule has 2 heterocycles. The number of rotatable bonds is 6. The molecule has 11 nitrogen and oxygen atoms in total. The molecule has 3 aromatic carbocycles. The summed E-state index contributed by atoms with van der Waals surface area (Å²) in [6.07, 6.45) is 0. The van der Waals surface area contributed by atoms with Gasteiger partial charge in [0.2, 0.25) is 0 Å². The minimum atomic E-state index is -0.527. The summed E-state index contributed by atoms with van der Waals surface area (Å²) in [5.41, 5.74) is 1.30. The van der Waals surface area contributed by atoms with E-state index < -0.39 is 10.5 Å². The predicted octanol–water partition coefficient (Wildman–Crippen LogP) is 3.51. The lowest BCUT2D eigenvalue weighted by Crippen LogP contribution is -2.36. The minimum absolute atomic E-state index is 0.0495. The molecule has 4 aromatic rings. The fraction of sp³-hybridized carbons (Fsp3) is 0.250. The summed E-state index contributed by atoms with van der Waals surface area (Å²) in [6.45, 7) is 2.31. The minimum Gasteiger partial charge on any atom is -0.497 e. The molecule has 1 aliphatic heterocycles. The van der Waals surface area contributed by atoms with Gasteiger partial charge in [0.1, 0.15) is 11.4 Å². The lowest BCUT2D eigenvalue weighted by Gasteiger charge is -2.29. The molecule has 0 unspecified atom stereocenters. The van der Waals surface area contributed by atoms with Crippen LogP contribution in [0.15, 0.2) is 65.5 Å². The van der Waals surface area contributed by atoms with Crippen molar-refractivity contribution in [2.75, 3.05) is 52.4 Å². The number of amides is 1. The predicted molar refractivity (Wildman–Crippen MR) is 147 cm³/mol. The second kappa shape index (κ2) is 10.5. The Morgan fingerprint density at radius 3 is 2.44 bits per heavy atom. The monoisotopic (exact) mass is 529 g/mol. The number of anilines is 1. The Bertz CT molecular complexity index is 1640. The Hall–Kier alpha value is -4.77. The van der Waals surface area contributed by atoms with E-state index in [1.165, 1.54) is 18.1 Å². The topological polar surface area (TPSA) is 120 Å². The molecule has 0 radical (unpaired) electrons. The Kier molecular flexibility index (Phi) is 6.99. The molecule has 39 heavy (non-hydrogen) atoms. The second-order valence-corrected chi connectivity index (χ2v) is 9.29. The van der Waals surface area contributed by atoms with Gasteiger partial charge in [-0.25, -0.2) is 0 Å². The highest BCUT2D eigenvalue weighted by molar-refractivity contribution is 5.98. The van der Waals surface area contributed by atoms with Crippen LogP contribution >= 0.6 is 0 Å². The smallest absolute Gasteiger partial charge is 0.295 e.